The third-order valence-corrected chi connectivity index (χ3v) is 2.05. The second-order valence-electron chi connectivity index (χ2n) is 3.43. The lowest BCUT2D eigenvalue weighted by molar-refractivity contribution is -0.137. The van der Waals surface area contributed by atoms with Crippen molar-refractivity contribution < 1.29 is 9.90 Å². The van der Waals surface area contributed by atoms with E-state index in [0.717, 1.165) is 0 Å². The van der Waals surface area contributed by atoms with E-state index in [4.69, 9.17) is 5.11 Å². The Kier molecular flexibility index (Phi) is 2.43. The van der Waals surface area contributed by atoms with Crippen LogP contribution in [0.1, 0.15) is 12.7 Å². The van der Waals surface area contributed by atoms with Crippen molar-refractivity contribution in [2.24, 2.45) is 0 Å². The average molecular weight is 221 g/mol. The van der Waals surface area contributed by atoms with E-state index in [0.29, 0.717) is 17.3 Å². The van der Waals surface area contributed by atoms with Gasteiger partial charge in [0.1, 0.15) is 17.7 Å². The normalized spacial score (nSPS) is 12.6. The second-order valence-corrected chi connectivity index (χ2v) is 3.43. The van der Waals surface area contributed by atoms with Crippen molar-refractivity contribution >= 4 is 17.4 Å². The highest BCUT2D eigenvalue weighted by atomic mass is 16.4. The molecule has 7 nitrogen and oxygen atoms in total. The predicted octanol–water partition coefficient (Wildman–Crippen LogP) is 0.318. The first-order valence-electron chi connectivity index (χ1n) is 4.76. The van der Waals surface area contributed by atoms with Crippen LogP contribution in [0.2, 0.25) is 0 Å². The van der Waals surface area contributed by atoms with Gasteiger partial charge in [0.05, 0.1) is 0 Å². The summed E-state index contributed by atoms with van der Waals surface area (Å²) in [5.74, 6) is 0.139. The number of rotatable bonds is 3. The van der Waals surface area contributed by atoms with E-state index < -0.39 is 12.0 Å². The summed E-state index contributed by atoms with van der Waals surface area (Å²) in [7, 11) is 0. The smallest absolute Gasteiger partial charge is 0.325 e. The summed E-state index contributed by atoms with van der Waals surface area (Å²) in [5.41, 5.74) is 0.631. The maximum absolute atomic E-state index is 10.6. The minimum atomic E-state index is -0.934. The molecule has 0 bridgehead atoms. The standard InChI is InChI=1S/C9H11N5O2/c1-5(9(15)16)10-7-3-4-8-11-6(2)12-14(8)13-7/h3-5H,1-2H3,(H,10,13)(H,15,16). The molecule has 0 saturated carbocycles. The molecule has 0 fully saturated rings. The van der Waals surface area contributed by atoms with E-state index >= 15 is 0 Å². The molecule has 2 rings (SSSR count). The quantitative estimate of drug-likeness (QED) is 0.775. The molecule has 2 aromatic heterocycles. The molecule has 0 amide bonds. The average Bonchev–Trinajstić information content (AvgIpc) is 2.57. The van der Waals surface area contributed by atoms with E-state index in [1.807, 2.05) is 0 Å². The topological polar surface area (TPSA) is 92.4 Å². The molecule has 0 aliphatic heterocycles. The molecule has 2 aromatic rings. The van der Waals surface area contributed by atoms with Gasteiger partial charge in [0.2, 0.25) is 0 Å². The van der Waals surface area contributed by atoms with Gasteiger partial charge in [-0.25, -0.2) is 4.98 Å². The van der Waals surface area contributed by atoms with E-state index in [-0.39, 0.29) is 0 Å². The van der Waals surface area contributed by atoms with Gasteiger partial charge >= 0.3 is 5.97 Å². The molecule has 1 unspecified atom stereocenters. The highest BCUT2D eigenvalue weighted by Gasteiger charge is 2.11. The third-order valence-electron chi connectivity index (χ3n) is 2.05. The Hall–Kier alpha value is -2.18. The van der Waals surface area contributed by atoms with E-state index in [9.17, 15) is 4.79 Å². The van der Waals surface area contributed by atoms with Crippen LogP contribution in [0.4, 0.5) is 5.82 Å². The summed E-state index contributed by atoms with van der Waals surface area (Å²) in [6.07, 6.45) is 0. The number of anilines is 1. The molecule has 1 atom stereocenters. The van der Waals surface area contributed by atoms with Crippen molar-refractivity contribution in [2.45, 2.75) is 19.9 Å². The van der Waals surface area contributed by atoms with Crippen LogP contribution in [0, 0.1) is 6.92 Å². The van der Waals surface area contributed by atoms with Gasteiger partial charge in [-0.1, -0.05) is 0 Å². The second kappa shape index (κ2) is 3.76. The number of carboxylic acid groups (broad SMARTS) is 1. The van der Waals surface area contributed by atoms with E-state index in [2.05, 4.69) is 20.5 Å². The van der Waals surface area contributed by atoms with Crippen LogP contribution in [0.15, 0.2) is 12.1 Å². The number of aromatic nitrogens is 4. The summed E-state index contributed by atoms with van der Waals surface area (Å²) < 4.78 is 1.37. The van der Waals surface area contributed by atoms with Crippen LogP contribution in [0.5, 0.6) is 0 Å². The van der Waals surface area contributed by atoms with Gasteiger partial charge < -0.3 is 10.4 Å². The fourth-order valence-corrected chi connectivity index (χ4v) is 1.25. The van der Waals surface area contributed by atoms with Crippen molar-refractivity contribution in [1.82, 2.24) is 19.8 Å². The lowest BCUT2D eigenvalue weighted by Crippen LogP contribution is -2.26. The molecule has 0 aliphatic carbocycles. The molecule has 2 heterocycles. The van der Waals surface area contributed by atoms with E-state index in [1.54, 1.807) is 26.0 Å². The number of aryl methyl sites for hydroxylation is 1. The van der Waals surface area contributed by atoms with Crippen LogP contribution in [-0.4, -0.2) is 36.9 Å². The molecule has 0 spiro atoms. The SMILES string of the molecule is Cc1nc2ccc(NC(C)C(=O)O)nn2n1. The first-order valence-corrected chi connectivity index (χ1v) is 4.76. The number of aliphatic carboxylic acids is 1. The van der Waals surface area contributed by atoms with Gasteiger partial charge in [0.25, 0.3) is 0 Å². The highest BCUT2D eigenvalue weighted by Crippen LogP contribution is 2.06. The fourth-order valence-electron chi connectivity index (χ4n) is 1.25. The van der Waals surface area contributed by atoms with Crippen molar-refractivity contribution in [1.29, 1.82) is 0 Å². The number of carbonyl (C=O) groups is 1. The van der Waals surface area contributed by atoms with Gasteiger partial charge in [-0.05, 0) is 26.0 Å². The molecule has 16 heavy (non-hydrogen) atoms. The minimum Gasteiger partial charge on any atom is -0.480 e. The van der Waals surface area contributed by atoms with Gasteiger partial charge in [0.15, 0.2) is 5.65 Å². The Balaban J connectivity index is 2.28. The maximum atomic E-state index is 10.6. The monoisotopic (exact) mass is 221 g/mol. The fraction of sp³-hybridized carbons (Fsp3) is 0.333. The van der Waals surface area contributed by atoms with Gasteiger partial charge in [-0.15, -0.1) is 14.8 Å². The summed E-state index contributed by atoms with van der Waals surface area (Å²) in [4.78, 5) is 14.8. The maximum Gasteiger partial charge on any atom is 0.325 e. The molecule has 0 aliphatic rings. The molecule has 7 heteroatoms. The van der Waals surface area contributed by atoms with Gasteiger partial charge in [-0.2, -0.15) is 0 Å². The van der Waals surface area contributed by atoms with Crippen molar-refractivity contribution in [2.75, 3.05) is 5.32 Å². The molecule has 84 valence electrons. The summed E-state index contributed by atoms with van der Waals surface area (Å²) in [6.45, 7) is 3.31. The molecule has 0 radical (unpaired) electrons. The van der Waals surface area contributed by atoms with Crippen LogP contribution in [0.3, 0.4) is 0 Å². The zero-order chi connectivity index (χ0) is 11.7. The third kappa shape index (κ3) is 1.92. The number of nitrogens with zero attached hydrogens (tertiary/aromatic N) is 4. The predicted molar refractivity (Wildman–Crippen MR) is 56.2 cm³/mol. The Morgan fingerprint density at radius 1 is 1.50 bits per heavy atom. The van der Waals surface area contributed by atoms with Gasteiger partial charge in [0, 0.05) is 0 Å². The van der Waals surface area contributed by atoms with Crippen LogP contribution in [0.25, 0.3) is 5.65 Å². The van der Waals surface area contributed by atoms with Crippen molar-refractivity contribution in [3.05, 3.63) is 18.0 Å². The molecule has 0 saturated heterocycles. The summed E-state index contributed by atoms with van der Waals surface area (Å²) in [6, 6.07) is 2.70. The Labute approximate surface area is 91.1 Å². The lowest BCUT2D eigenvalue weighted by atomic mass is 10.3. The number of fused-ring (bicyclic) bond motifs is 1. The molecular formula is C9H11N5O2. The largest absolute Gasteiger partial charge is 0.480 e. The summed E-state index contributed by atoms with van der Waals surface area (Å²) >= 11 is 0. The zero-order valence-electron chi connectivity index (χ0n) is 8.88. The van der Waals surface area contributed by atoms with Crippen LogP contribution < -0.4 is 5.32 Å². The summed E-state index contributed by atoms with van der Waals surface area (Å²) in [5, 5.41) is 19.6. The van der Waals surface area contributed by atoms with E-state index in [1.165, 1.54) is 4.63 Å². The molecule has 0 aromatic carbocycles. The molecule has 2 N–H and O–H groups in total. The van der Waals surface area contributed by atoms with Gasteiger partial charge in [-0.3, -0.25) is 4.79 Å². The highest BCUT2D eigenvalue weighted by molar-refractivity contribution is 5.76. The first kappa shape index (κ1) is 10.3. The number of nitrogens with one attached hydrogen (secondary N) is 1. The van der Waals surface area contributed by atoms with Crippen LogP contribution >= 0.6 is 0 Å². The minimum absolute atomic E-state index is 0.451. The number of carboxylic acids is 1. The lowest BCUT2D eigenvalue weighted by Gasteiger charge is -2.08. The molecular weight excluding hydrogens is 210 g/mol. The Morgan fingerprint density at radius 2 is 2.25 bits per heavy atom. The van der Waals surface area contributed by atoms with Crippen molar-refractivity contribution in [3.63, 3.8) is 0 Å². The zero-order valence-corrected chi connectivity index (χ0v) is 8.88. The van der Waals surface area contributed by atoms with Crippen molar-refractivity contribution in [3.8, 4) is 0 Å². The first-order chi connectivity index (χ1) is 7.56. The number of hydrogen-bond acceptors (Lipinski definition) is 5. The number of hydrogen-bond donors (Lipinski definition) is 2. The Morgan fingerprint density at radius 3 is 2.94 bits per heavy atom. The Bertz CT molecular complexity index is 536. The van der Waals surface area contributed by atoms with Crippen LogP contribution in [-0.2, 0) is 4.79 Å².